The zero-order valence-electron chi connectivity index (χ0n) is 12.1. The average molecular weight is 291 g/mol. The van der Waals surface area contributed by atoms with Gasteiger partial charge in [-0.2, -0.15) is 11.3 Å². The van der Waals surface area contributed by atoms with E-state index < -0.39 is 0 Å². The van der Waals surface area contributed by atoms with Crippen molar-refractivity contribution in [3.8, 4) is 0 Å². The number of hydrogen-bond donors (Lipinski definition) is 0. The molecule has 1 aliphatic heterocycles. The van der Waals surface area contributed by atoms with Gasteiger partial charge in [0.05, 0.1) is 12.7 Å². The maximum absolute atomic E-state index is 5.55. The van der Waals surface area contributed by atoms with E-state index in [0.717, 1.165) is 44.4 Å². The minimum Gasteiger partial charge on any atom is -0.445 e. The van der Waals surface area contributed by atoms with Crippen LogP contribution < -0.4 is 0 Å². The largest absolute Gasteiger partial charge is 0.445 e. The van der Waals surface area contributed by atoms with E-state index in [0.29, 0.717) is 6.04 Å². The minimum atomic E-state index is 0.521. The number of aryl methyl sites for hydroxylation is 1. The van der Waals surface area contributed by atoms with Crippen LogP contribution in [0.15, 0.2) is 27.4 Å². The Bertz CT molecular complexity index is 529. The van der Waals surface area contributed by atoms with E-state index in [4.69, 9.17) is 4.42 Å². The Hall–Kier alpha value is -1.17. The Morgan fingerprint density at radius 2 is 2.15 bits per heavy atom. The zero-order valence-corrected chi connectivity index (χ0v) is 12.9. The smallest absolute Gasteiger partial charge is 0.208 e. The molecule has 2 aromatic heterocycles. The predicted octanol–water partition coefficient (Wildman–Crippen LogP) is 2.92. The van der Waals surface area contributed by atoms with Gasteiger partial charge in [-0.1, -0.05) is 0 Å². The first-order valence-electron chi connectivity index (χ1n) is 7.12. The third-order valence-corrected chi connectivity index (χ3v) is 4.71. The molecule has 108 valence electrons. The van der Waals surface area contributed by atoms with Gasteiger partial charge in [0, 0.05) is 32.2 Å². The Balaban J connectivity index is 1.52. The van der Waals surface area contributed by atoms with Gasteiger partial charge in [0.15, 0.2) is 0 Å². The summed E-state index contributed by atoms with van der Waals surface area (Å²) in [5.74, 6) is 1.73. The molecule has 0 unspecified atom stereocenters. The molecule has 1 fully saturated rings. The van der Waals surface area contributed by atoms with Gasteiger partial charge in [0.1, 0.15) is 5.76 Å². The van der Waals surface area contributed by atoms with Crippen LogP contribution >= 0.6 is 11.3 Å². The van der Waals surface area contributed by atoms with E-state index in [9.17, 15) is 0 Å². The number of rotatable bonds is 4. The van der Waals surface area contributed by atoms with E-state index in [1.807, 2.05) is 6.92 Å². The van der Waals surface area contributed by atoms with Crippen LogP contribution in [0.5, 0.6) is 0 Å². The van der Waals surface area contributed by atoms with Crippen molar-refractivity contribution in [2.75, 3.05) is 26.2 Å². The molecule has 4 nitrogen and oxygen atoms in total. The van der Waals surface area contributed by atoms with Gasteiger partial charge in [-0.3, -0.25) is 9.80 Å². The standard InChI is InChI=1S/C15H21N3OS/c1-12-9-16-15(19-12)10-17-4-6-18(7-5-17)13(2)14-3-8-20-11-14/h3,8-9,11,13H,4-7,10H2,1-2H3/t13-/m1/s1. The van der Waals surface area contributed by atoms with Crippen LogP contribution in [0.1, 0.15) is 30.2 Å². The highest BCUT2D eigenvalue weighted by Gasteiger charge is 2.22. The number of thiophene rings is 1. The second-order valence-corrected chi connectivity index (χ2v) is 6.19. The molecule has 0 radical (unpaired) electrons. The van der Waals surface area contributed by atoms with Crippen LogP contribution in [-0.4, -0.2) is 41.0 Å². The average Bonchev–Trinajstić information content (AvgIpc) is 3.11. The second kappa shape index (κ2) is 6.08. The first-order valence-corrected chi connectivity index (χ1v) is 8.06. The van der Waals surface area contributed by atoms with E-state index >= 15 is 0 Å². The zero-order chi connectivity index (χ0) is 13.9. The van der Waals surface area contributed by atoms with Gasteiger partial charge in [0.2, 0.25) is 5.89 Å². The quantitative estimate of drug-likeness (QED) is 0.867. The molecule has 0 spiro atoms. The SMILES string of the molecule is Cc1cnc(CN2CCN([C@H](C)c3ccsc3)CC2)o1. The summed E-state index contributed by atoms with van der Waals surface area (Å²) in [5.41, 5.74) is 1.44. The van der Waals surface area contributed by atoms with Crippen molar-refractivity contribution in [3.63, 3.8) is 0 Å². The van der Waals surface area contributed by atoms with Crippen LogP contribution in [0.2, 0.25) is 0 Å². The minimum absolute atomic E-state index is 0.521. The summed E-state index contributed by atoms with van der Waals surface area (Å²) in [7, 11) is 0. The van der Waals surface area contributed by atoms with Gasteiger partial charge >= 0.3 is 0 Å². The highest BCUT2D eigenvalue weighted by molar-refractivity contribution is 7.07. The molecule has 1 atom stereocenters. The number of hydrogen-bond acceptors (Lipinski definition) is 5. The second-order valence-electron chi connectivity index (χ2n) is 5.41. The molecule has 0 aromatic carbocycles. The Morgan fingerprint density at radius 3 is 2.75 bits per heavy atom. The summed E-state index contributed by atoms with van der Waals surface area (Å²) in [5, 5.41) is 4.42. The van der Waals surface area contributed by atoms with E-state index in [1.54, 1.807) is 17.5 Å². The molecule has 0 amide bonds. The lowest BCUT2D eigenvalue weighted by molar-refractivity contribution is 0.0921. The molecule has 1 aliphatic rings. The molecule has 0 aliphatic carbocycles. The van der Waals surface area contributed by atoms with Gasteiger partial charge in [-0.25, -0.2) is 4.98 Å². The van der Waals surface area contributed by atoms with Crippen molar-refractivity contribution in [2.45, 2.75) is 26.4 Å². The molecule has 0 bridgehead atoms. The van der Waals surface area contributed by atoms with Crippen LogP contribution in [0.4, 0.5) is 0 Å². The highest BCUT2D eigenvalue weighted by Crippen LogP contribution is 2.23. The molecular weight excluding hydrogens is 270 g/mol. The van der Waals surface area contributed by atoms with Gasteiger partial charge in [-0.05, 0) is 36.2 Å². The fraction of sp³-hybridized carbons (Fsp3) is 0.533. The van der Waals surface area contributed by atoms with Crippen LogP contribution in [-0.2, 0) is 6.54 Å². The van der Waals surface area contributed by atoms with E-state index in [-0.39, 0.29) is 0 Å². The lowest BCUT2D eigenvalue weighted by atomic mass is 10.1. The molecule has 1 saturated heterocycles. The summed E-state index contributed by atoms with van der Waals surface area (Å²) in [6, 6.07) is 2.75. The predicted molar refractivity (Wildman–Crippen MR) is 80.8 cm³/mol. The van der Waals surface area contributed by atoms with Crippen molar-refractivity contribution in [1.82, 2.24) is 14.8 Å². The molecule has 3 heterocycles. The maximum atomic E-state index is 5.55. The van der Waals surface area contributed by atoms with Crippen molar-refractivity contribution >= 4 is 11.3 Å². The van der Waals surface area contributed by atoms with E-state index in [2.05, 4.69) is 38.5 Å². The maximum Gasteiger partial charge on any atom is 0.208 e. The normalized spacial score (nSPS) is 19.3. The first-order chi connectivity index (χ1) is 9.72. The third-order valence-electron chi connectivity index (χ3n) is 4.01. The summed E-state index contributed by atoms with van der Waals surface area (Å²) in [6.45, 7) is 9.44. The lowest BCUT2D eigenvalue weighted by Crippen LogP contribution is -2.46. The van der Waals surface area contributed by atoms with Gasteiger partial charge in [-0.15, -0.1) is 0 Å². The van der Waals surface area contributed by atoms with Crippen molar-refractivity contribution in [3.05, 3.63) is 40.2 Å². The summed E-state index contributed by atoms with van der Waals surface area (Å²) < 4.78 is 5.55. The van der Waals surface area contributed by atoms with Crippen LogP contribution in [0, 0.1) is 6.92 Å². The number of oxazole rings is 1. The fourth-order valence-electron chi connectivity index (χ4n) is 2.70. The van der Waals surface area contributed by atoms with Crippen LogP contribution in [0.3, 0.4) is 0 Å². The van der Waals surface area contributed by atoms with Crippen LogP contribution in [0.25, 0.3) is 0 Å². The topological polar surface area (TPSA) is 32.5 Å². The third kappa shape index (κ3) is 3.11. The molecular formula is C15H21N3OS. The fourth-order valence-corrected chi connectivity index (χ4v) is 3.45. The molecule has 3 rings (SSSR count). The summed E-state index contributed by atoms with van der Waals surface area (Å²) in [4.78, 5) is 9.26. The van der Waals surface area contributed by atoms with Crippen molar-refractivity contribution < 1.29 is 4.42 Å². The van der Waals surface area contributed by atoms with E-state index in [1.165, 1.54) is 5.56 Å². The lowest BCUT2D eigenvalue weighted by Gasteiger charge is -2.37. The number of piperazine rings is 1. The van der Waals surface area contributed by atoms with Crippen molar-refractivity contribution in [1.29, 1.82) is 0 Å². The van der Waals surface area contributed by atoms with Gasteiger partial charge in [0.25, 0.3) is 0 Å². The molecule has 0 saturated carbocycles. The van der Waals surface area contributed by atoms with Gasteiger partial charge < -0.3 is 4.42 Å². The monoisotopic (exact) mass is 291 g/mol. The summed E-state index contributed by atoms with van der Waals surface area (Å²) in [6.07, 6.45) is 1.80. The molecule has 0 N–H and O–H groups in total. The Labute approximate surface area is 124 Å². The summed E-state index contributed by atoms with van der Waals surface area (Å²) >= 11 is 1.78. The highest BCUT2D eigenvalue weighted by atomic mass is 32.1. The Morgan fingerprint density at radius 1 is 1.35 bits per heavy atom. The Kier molecular flexibility index (Phi) is 4.19. The van der Waals surface area contributed by atoms with Crippen molar-refractivity contribution in [2.24, 2.45) is 0 Å². The molecule has 2 aromatic rings. The molecule has 20 heavy (non-hydrogen) atoms. The first kappa shape index (κ1) is 13.8. The molecule has 5 heteroatoms. The number of aromatic nitrogens is 1. The number of nitrogens with zero attached hydrogens (tertiary/aromatic N) is 3.